The van der Waals surface area contributed by atoms with Crippen molar-refractivity contribution in [3.8, 4) is 17.1 Å². The Labute approximate surface area is 140 Å². The number of aromatic nitrogens is 3. The lowest BCUT2D eigenvalue weighted by atomic mass is 10.2. The van der Waals surface area contributed by atoms with Crippen molar-refractivity contribution in [1.82, 2.24) is 14.6 Å². The molecule has 0 radical (unpaired) electrons. The predicted molar refractivity (Wildman–Crippen MR) is 91.4 cm³/mol. The first-order chi connectivity index (χ1) is 11.7. The largest absolute Gasteiger partial charge is 0.496 e. The SMILES string of the molecule is COc1ccccc1-c1nc2s/c(=C/c3ccc(C)o3)c(=O)n2n1. The smallest absolute Gasteiger partial charge is 0.291 e. The minimum atomic E-state index is -0.210. The maximum Gasteiger partial charge on any atom is 0.291 e. The summed E-state index contributed by atoms with van der Waals surface area (Å²) < 4.78 is 12.7. The Balaban J connectivity index is 1.84. The van der Waals surface area contributed by atoms with Gasteiger partial charge in [0.2, 0.25) is 4.96 Å². The normalized spacial score (nSPS) is 12.2. The average Bonchev–Trinajstić information content (AvgIpc) is 3.26. The molecule has 4 rings (SSSR count). The van der Waals surface area contributed by atoms with E-state index in [2.05, 4.69) is 10.1 Å². The lowest BCUT2D eigenvalue weighted by Crippen LogP contribution is -2.23. The van der Waals surface area contributed by atoms with E-state index in [0.717, 1.165) is 11.3 Å². The van der Waals surface area contributed by atoms with E-state index in [1.807, 2.05) is 43.3 Å². The molecule has 0 aliphatic heterocycles. The van der Waals surface area contributed by atoms with Gasteiger partial charge in [0, 0.05) is 6.08 Å². The number of nitrogens with zero attached hydrogens (tertiary/aromatic N) is 3. The van der Waals surface area contributed by atoms with Gasteiger partial charge < -0.3 is 9.15 Å². The Bertz CT molecular complexity index is 1140. The van der Waals surface area contributed by atoms with E-state index in [4.69, 9.17) is 9.15 Å². The highest BCUT2D eigenvalue weighted by Crippen LogP contribution is 2.27. The number of aryl methyl sites for hydroxylation is 1. The van der Waals surface area contributed by atoms with Gasteiger partial charge in [0.15, 0.2) is 5.82 Å². The molecule has 0 atom stereocenters. The van der Waals surface area contributed by atoms with Crippen LogP contribution < -0.4 is 14.8 Å². The van der Waals surface area contributed by atoms with Crippen LogP contribution in [-0.4, -0.2) is 21.7 Å². The summed E-state index contributed by atoms with van der Waals surface area (Å²) in [6.07, 6.45) is 1.71. The summed E-state index contributed by atoms with van der Waals surface area (Å²) in [6.45, 7) is 1.86. The highest BCUT2D eigenvalue weighted by molar-refractivity contribution is 7.15. The van der Waals surface area contributed by atoms with Crippen LogP contribution in [0.3, 0.4) is 0 Å². The fourth-order valence-electron chi connectivity index (χ4n) is 2.44. The zero-order valence-electron chi connectivity index (χ0n) is 13.0. The minimum Gasteiger partial charge on any atom is -0.496 e. The van der Waals surface area contributed by atoms with Crippen LogP contribution in [0.5, 0.6) is 5.75 Å². The number of hydrogen-bond donors (Lipinski definition) is 0. The first-order valence-corrected chi connectivity index (χ1v) is 8.08. The summed E-state index contributed by atoms with van der Waals surface area (Å²) in [5.74, 6) is 2.57. The molecule has 7 heteroatoms. The molecule has 0 fully saturated rings. The van der Waals surface area contributed by atoms with Crippen LogP contribution >= 0.6 is 11.3 Å². The van der Waals surface area contributed by atoms with Crippen LogP contribution in [0, 0.1) is 6.92 Å². The van der Waals surface area contributed by atoms with Gasteiger partial charge in [0.05, 0.1) is 12.7 Å². The molecule has 0 unspecified atom stereocenters. The molecule has 3 heterocycles. The van der Waals surface area contributed by atoms with Crippen LogP contribution in [0.25, 0.3) is 22.4 Å². The third-order valence-electron chi connectivity index (χ3n) is 3.56. The molecule has 24 heavy (non-hydrogen) atoms. The van der Waals surface area contributed by atoms with E-state index in [1.165, 1.54) is 15.9 Å². The Kier molecular flexibility index (Phi) is 3.42. The highest BCUT2D eigenvalue weighted by atomic mass is 32.1. The van der Waals surface area contributed by atoms with Crippen molar-refractivity contribution in [3.05, 3.63) is 62.8 Å². The van der Waals surface area contributed by atoms with Gasteiger partial charge in [-0.15, -0.1) is 5.10 Å². The number of ether oxygens (including phenoxy) is 1. The van der Waals surface area contributed by atoms with E-state index in [1.54, 1.807) is 13.2 Å². The summed E-state index contributed by atoms with van der Waals surface area (Å²) in [6, 6.07) is 11.1. The summed E-state index contributed by atoms with van der Waals surface area (Å²) in [4.78, 5) is 17.5. The summed E-state index contributed by atoms with van der Waals surface area (Å²) in [7, 11) is 1.59. The average molecular weight is 339 g/mol. The van der Waals surface area contributed by atoms with Crippen LogP contribution in [0.15, 0.2) is 45.6 Å². The number of rotatable bonds is 3. The zero-order chi connectivity index (χ0) is 16.7. The monoisotopic (exact) mass is 339 g/mol. The van der Waals surface area contributed by atoms with Gasteiger partial charge in [-0.25, -0.2) is 0 Å². The first kappa shape index (κ1) is 14.6. The van der Waals surface area contributed by atoms with E-state index >= 15 is 0 Å². The number of hydrogen-bond acceptors (Lipinski definition) is 6. The molecular weight excluding hydrogens is 326 g/mol. The maximum absolute atomic E-state index is 12.5. The predicted octanol–water partition coefficient (Wildman–Crippen LogP) is 2.28. The number of furan rings is 1. The molecule has 120 valence electrons. The topological polar surface area (TPSA) is 69.6 Å². The van der Waals surface area contributed by atoms with Gasteiger partial charge in [-0.05, 0) is 31.2 Å². The Hall–Kier alpha value is -2.93. The van der Waals surface area contributed by atoms with Crippen molar-refractivity contribution < 1.29 is 9.15 Å². The molecule has 4 aromatic rings. The van der Waals surface area contributed by atoms with Crippen molar-refractivity contribution in [1.29, 1.82) is 0 Å². The first-order valence-electron chi connectivity index (χ1n) is 7.27. The molecule has 0 aliphatic rings. The van der Waals surface area contributed by atoms with Gasteiger partial charge in [0.1, 0.15) is 21.8 Å². The van der Waals surface area contributed by atoms with Gasteiger partial charge in [-0.1, -0.05) is 23.5 Å². The second kappa shape index (κ2) is 5.61. The molecule has 0 spiro atoms. The molecule has 0 bridgehead atoms. The van der Waals surface area contributed by atoms with Crippen molar-refractivity contribution in [2.24, 2.45) is 0 Å². The standard InChI is InChI=1S/C17H13N3O3S/c1-10-7-8-11(23-10)9-14-16(21)20-17(24-14)18-15(19-20)12-5-3-4-6-13(12)22-2/h3-9H,1-2H3/b14-9+. The highest BCUT2D eigenvalue weighted by Gasteiger charge is 2.15. The number of fused-ring (bicyclic) bond motifs is 1. The van der Waals surface area contributed by atoms with Crippen molar-refractivity contribution in [2.75, 3.05) is 7.11 Å². The van der Waals surface area contributed by atoms with Crippen LogP contribution in [-0.2, 0) is 0 Å². The van der Waals surface area contributed by atoms with Crippen LogP contribution in [0.1, 0.15) is 11.5 Å². The third kappa shape index (κ3) is 2.39. The zero-order valence-corrected chi connectivity index (χ0v) is 13.8. The van der Waals surface area contributed by atoms with Crippen molar-refractivity contribution in [3.63, 3.8) is 0 Å². The lowest BCUT2D eigenvalue weighted by molar-refractivity contribution is 0.416. The lowest BCUT2D eigenvalue weighted by Gasteiger charge is -2.03. The number of para-hydroxylation sites is 1. The fourth-order valence-corrected chi connectivity index (χ4v) is 3.33. The van der Waals surface area contributed by atoms with E-state index in [9.17, 15) is 4.79 Å². The van der Waals surface area contributed by atoms with Crippen LogP contribution in [0.2, 0.25) is 0 Å². The molecule has 6 nitrogen and oxygen atoms in total. The Morgan fingerprint density at radius 2 is 2.08 bits per heavy atom. The summed E-state index contributed by atoms with van der Waals surface area (Å²) in [5, 5.41) is 4.33. The van der Waals surface area contributed by atoms with Gasteiger partial charge >= 0.3 is 0 Å². The van der Waals surface area contributed by atoms with Gasteiger partial charge in [0.25, 0.3) is 5.56 Å². The van der Waals surface area contributed by atoms with E-state index < -0.39 is 0 Å². The van der Waals surface area contributed by atoms with Gasteiger partial charge in [-0.2, -0.15) is 9.50 Å². The van der Waals surface area contributed by atoms with E-state index in [-0.39, 0.29) is 5.56 Å². The second-order valence-electron chi connectivity index (χ2n) is 5.19. The summed E-state index contributed by atoms with van der Waals surface area (Å²) in [5.41, 5.74) is 0.542. The van der Waals surface area contributed by atoms with Crippen molar-refractivity contribution >= 4 is 22.4 Å². The fraction of sp³-hybridized carbons (Fsp3) is 0.118. The second-order valence-corrected chi connectivity index (χ2v) is 6.20. The quantitative estimate of drug-likeness (QED) is 0.573. The number of benzene rings is 1. The van der Waals surface area contributed by atoms with E-state index in [0.29, 0.717) is 26.8 Å². The van der Waals surface area contributed by atoms with Gasteiger partial charge in [-0.3, -0.25) is 4.79 Å². The van der Waals surface area contributed by atoms with Crippen molar-refractivity contribution in [2.45, 2.75) is 6.92 Å². The minimum absolute atomic E-state index is 0.210. The molecule has 0 saturated heterocycles. The molecule has 0 amide bonds. The maximum atomic E-state index is 12.5. The molecule has 0 aliphatic carbocycles. The molecule has 0 N–H and O–H groups in total. The third-order valence-corrected chi connectivity index (χ3v) is 4.52. The van der Waals surface area contributed by atoms with Crippen LogP contribution in [0.4, 0.5) is 0 Å². The molecule has 0 saturated carbocycles. The number of methoxy groups -OCH3 is 1. The molecule has 3 aromatic heterocycles. The molecule has 1 aromatic carbocycles. The number of thiazole rings is 1. The summed E-state index contributed by atoms with van der Waals surface area (Å²) >= 11 is 1.28. The molecular formula is C17H13N3O3S. The Morgan fingerprint density at radius 3 is 2.79 bits per heavy atom. The Morgan fingerprint density at radius 1 is 1.25 bits per heavy atom.